The number of nitrogens with one attached hydrogen (secondary N) is 2. The molecule has 0 saturated heterocycles. The Hall–Kier alpha value is -3.89. The van der Waals surface area contributed by atoms with Crippen molar-refractivity contribution in [1.82, 2.24) is 4.98 Å². The molecule has 4 N–H and O–H groups in total. The van der Waals surface area contributed by atoms with Gasteiger partial charge in [0.1, 0.15) is 11.5 Å². The van der Waals surface area contributed by atoms with Crippen molar-refractivity contribution >= 4 is 40.6 Å². The van der Waals surface area contributed by atoms with Gasteiger partial charge in [0.25, 0.3) is 0 Å². The fourth-order valence-electron chi connectivity index (χ4n) is 2.51. The van der Waals surface area contributed by atoms with Crippen molar-refractivity contribution in [3.05, 3.63) is 46.5 Å². The number of nitrogens with zero attached hydrogens (tertiary/aromatic N) is 3. The lowest BCUT2D eigenvalue weighted by Gasteiger charge is -2.18. The van der Waals surface area contributed by atoms with Crippen LogP contribution in [0.15, 0.2) is 36.4 Å². The minimum absolute atomic E-state index is 0.0370. The summed E-state index contributed by atoms with van der Waals surface area (Å²) >= 11 is 0. The predicted molar refractivity (Wildman–Crippen MR) is 109 cm³/mol. The number of hydrogen-bond donors (Lipinski definition) is 3. The summed E-state index contributed by atoms with van der Waals surface area (Å²) in [4.78, 5) is 40.0. The highest BCUT2D eigenvalue weighted by molar-refractivity contribution is 5.90. The zero-order valence-electron chi connectivity index (χ0n) is 16.0. The van der Waals surface area contributed by atoms with Crippen molar-refractivity contribution in [1.29, 1.82) is 0 Å². The second-order valence-corrected chi connectivity index (χ2v) is 5.98. The van der Waals surface area contributed by atoms with Gasteiger partial charge in [0, 0.05) is 18.8 Å². The predicted octanol–water partition coefficient (Wildman–Crippen LogP) is 2.26. The third-order valence-electron chi connectivity index (χ3n) is 3.79. The highest BCUT2D eigenvalue weighted by atomic mass is 16.6. The Balaban J connectivity index is 2.11. The maximum atomic E-state index is 12.3. The van der Waals surface area contributed by atoms with Crippen LogP contribution in [0, 0.1) is 10.1 Å². The Morgan fingerprint density at radius 3 is 2.62 bits per heavy atom. The first-order valence-electron chi connectivity index (χ1n) is 8.72. The van der Waals surface area contributed by atoms with Gasteiger partial charge in [-0.3, -0.25) is 20.2 Å². The van der Waals surface area contributed by atoms with E-state index < -0.39 is 22.5 Å². The van der Waals surface area contributed by atoms with Gasteiger partial charge in [-0.05, 0) is 19.1 Å². The molecule has 0 atom stereocenters. The van der Waals surface area contributed by atoms with Crippen LogP contribution in [0.2, 0.25) is 0 Å². The number of nitrogen functional groups attached to an aromatic ring is 1. The summed E-state index contributed by atoms with van der Waals surface area (Å²) in [5.74, 6) is -0.649. The van der Waals surface area contributed by atoms with Crippen LogP contribution in [0.3, 0.4) is 0 Å². The SMILES string of the molecule is CCOC(=O)Nc1cc(NCC(=O)CN(C)c2ccccc2)c([N+](=O)[O-])c(N)n1. The Morgan fingerprint density at radius 1 is 1.31 bits per heavy atom. The van der Waals surface area contributed by atoms with Crippen LogP contribution < -0.4 is 21.3 Å². The van der Waals surface area contributed by atoms with E-state index in [4.69, 9.17) is 10.5 Å². The molecule has 2 aromatic rings. The summed E-state index contributed by atoms with van der Waals surface area (Å²) in [5.41, 5.74) is 6.00. The highest BCUT2D eigenvalue weighted by Crippen LogP contribution is 2.31. The third kappa shape index (κ3) is 6.06. The van der Waals surface area contributed by atoms with Gasteiger partial charge in [-0.2, -0.15) is 0 Å². The molecule has 11 nitrogen and oxygen atoms in total. The molecule has 1 amide bonds. The van der Waals surface area contributed by atoms with Gasteiger partial charge in [0.2, 0.25) is 5.82 Å². The molecule has 0 fully saturated rings. The molecule has 0 saturated carbocycles. The number of aromatic nitrogens is 1. The average Bonchev–Trinajstić information content (AvgIpc) is 2.66. The molecule has 0 radical (unpaired) electrons. The van der Waals surface area contributed by atoms with E-state index in [2.05, 4.69) is 15.6 Å². The molecule has 0 spiro atoms. The van der Waals surface area contributed by atoms with Gasteiger partial charge in [0.05, 0.1) is 24.6 Å². The van der Waals surface area contributed by atoms with Crippen molar-refractivity contribution in [3.63, 3.8) is 0 Å². The fraction of sp³-hybridized carbons (Fsp3) is 0.278. The highest BCUT2D eigenvalue weighted by Gasteiger charge is 2.22. The fourth-order valence-corrected chi connectivity index (χ4v) is 2.51. The number of rotatable bonds is 9. The molecule has 1 aromatic carbocycles. The van der Waals surface area contributed by atoms with E-state index in [0.29, 0.717) is 0 Å². The minimum atomic E-state index is -0.778. The number of nitro groups is 1. The van der Waals surface area contributed by atoms with Crippen LogP contribution in [0.5, 0.6) is 0 Å². The smallest absolute Gasteiger partial charge is 0.412 e. The first-order valence-corrected chi connectivity index (χ1v) is 8.72. The normalized spacial score (nSPS) is 10.1. The molecule has 2 rings (SSSR count). The van der Waals surface area contributed by atoms with Crippen molar-refractivity contribution < 1.29 is 19.2 Å². The standard InChI is InChI=1S/C18H22N6O5/c1-3-29-18(26)22-15-9-14(16(24(27)28)17(19)21-15)20-10-13(25)11-23(2)12-7-5-4-6-8-12/h4-9H,3,10-11H2,1-2H3,(H4,19,20,21,22,26). The lowest BCUT2D eigenvalue weighted by Crippen LogP contribution is -2.30. The average molecular weight is 402 g/mol. The topological polar surface area (TPSA) is 153 Å². The number of likely N-dealkylation sites (N-methyl/N-ethyl adjacent to an activating group) is 1. The number of Topliss-reactive ketones (excluding diaryl/α,β-unsaturated/α-hetero) is 1. The molecule has 0 bridgehead atoms. The number of pyridine rings is 1. The summed E-state index contributed by atoms with van der Waals surface area (Å²) in [6.07, 6.45) is -0.778. The zero-order chi connectivity index (χ0) is 21.4. The van der Waals surface area contributed by atoms with E-state index in [1.165, 1.54) is 6.07 Å². The third-order valence-corrected chi connectivity index (χ3v) is 3.79. The Labute approximate surface area is 167 Å². The van der Waals surface area contributed by atoms with Crippen molar-refractivity contribution in [2.45, 2.75) is 6.92 Å². The first kappa shape index (κ1) is 21.4. The van der Waals surface area contributed by atoms with Gasteiger partial charge in [0.15, 0.2) is 5.78 Å². The summed E-state index contributed by atoms with van der Waals surface area (Å²) in [7, 11) is 1.77. The first-order chi connectivity index (χ1) is 13.8. The Morgan fingerprint density at radius 2 is 2.00 bits per heavy atom. The quantitative estimate of drug-likeness (QED) is 0.423. The molecule has 0 aliphatic rings. The molecule has 11 heteroatoms. The van der Waals surface area contributed by atoms with E-state index in [1.54, 1.807) is 18.9 Å². The summed E-state index contributed by atoms with van der Waals surface area (Å²) in [6, 6.07) is 10.5. The number of nitrogens with two attached hydrogens (primary N) is 1. The van der Waals surface area contributed by atoms with Crippen molar-refractivity contribution in [2.75, 3.05) is 48.0 Å². The lowest BCUT2D eigenvalue weighted by molar-refractivity contribution is -0.383. The number of carbonyl (C=O) groups is 2. The number of benzene rings is 1. The maximum absolute atomic E-state index is 12.3. The molecular formula is C18H22N6O5. The zero-order valence-corrected chi connectivity index (χ0v) is 16.0. The molecule has 0 aliphatic carbocycles. The van der Waals surface area contributed by atoms with E-state index >= 15 is 0 Å². The monoisotopic (exact) mass is 402 g/mol. The molecular weight excluding hydrogens is 380 g/mol. The van der Waals surface area contributed by atoms with Gasteiger partial charge >= 0.3 is 11.8 Å². The lowest BCUT2D eigenvalue weighted by atomic mass is 10.2. The van der Waals surface area contributed by atoms with Crippen LogP contribution in [0.1, 0.15) is 6.92 Å². The summed E-state index contributed by atoms with van der Waals surface area (Å²) < 4.78 is 4.74. The second-order valence-electron chi connectivity index (χ2n) is 5.98. The van der Waals surface area contributed by atoms with Gasteiger partial charge in [-0.1, -0.05) is 18.2 Å². The van der Waals surface area contributed by atoms with Gasteiger partial charge in [-0.15, -0.1) is 0 Å². The van der Waals surface area contributed by atoms with Crippen LogP contribution in [-0.4, -0.2) is 48.5 Å². The van der Waals surface area contributed by atoms with E-state index in [9.17, 15) is 19.7 Å². The maximum Gasteiger partial charge on any atom is 0.412 e. The number of amides is 1. The molecule has 0 aliphatic heterocycles. The van der Waals surface area contributed by atoms with Crippen molar-refractivity contribution in [2.24, 2.45) is 0 Å². The molecule has 1 aromatic heterocycles. The van der Waals surface area contributed by atoms with E-state index in [-0.39, 0.29) is 37.0 Å². The largest absolute Gasteiger partial charge is 0.450 e. The molecule has 154 valence electrons. The number of anilines is 4. The van der Waals surface area contributed by atoms with Crippen LogP contribution in [0.25, 0.3) is 0 Å². The summed E-state index contributed by atoms with van der Waals surface area (Å²) in [5, 5.41) is 16.4. The Bertz CT molecular complexity index is 890. The molecule has 0 unspecified atom stereocenters. The number of carbonyl (C=O) groups excluding carboxylic acids is 2. The second kappa shape index (κ2) is 9.88. The van der Waals surface area contributed by atoms with Gasteiger partial charge in [-0.25, -0.2) is 9.78 Å². The van der Waals surface area contributed by atoms with E-state index in [0.717, 1.165) is 5.69 Å². The molecule has 29 heavy (non-hydrogen) atoms. The van der Waals surface area contributed by atoms with Gasteiger partial charge < -0.3 is 20.7 Å². The number of ether oxygens (including phenoxy) is 1. The Kier molecular flexibility index (Phi) is 7.29. The number of para-hydroxylation sites is 1. The number of ketones is 1. The van der Waals surface area contributed by atoms with Crippen molar-refractivity contribution in [3.8, 4) is 0 Å². The summed E-state index contributed by atoms with van der Waals surface area (Å²) in [6.45, 7) is 1.69. The van der Waals surface area contributed by atoms with Crippen LogP contribution in [0.4, 0.5) is 33.5 Å². The van der Waals surface area contributed by atoms with E-state index in [1.807, 2.05) is 30.3 Å². The number of hydrogen-bond acceptors (Lipinski definition) is 9. The molecule has 1 heterocycles. The minimum Gasteiger partial charge on any atom is -0.450 e. The van der Waals surface area contributed by atoms with Crippen LogP contribution in [-0.2, 0) is 9.53 Å². The van der Waals surface area contributed by atoms with Crippen LogP contribution >= 0.6 is 0 Å².